The third kappa shape index (κ3) is 3.68. The summed E-state index contributed by atoms with van der Waals surface area (Å²) < 4.78 is 4.93. The lowest BCUT2D eigenvalue weighted by Gasteiger charge is -2.08. The number of nitrogens with zero attached hydrogens (tertiary/aromatic N) is 1. The first kappa shape index (κ1) is 17.8. The van der Waals surface area contributed by atoms with Crippen LogP contribution in [-0.4, -0.2) is 35.9 Å². The van der Waals surface area contributed by atoms with Crippen molar-refractivity contribution >= 4 is 23.6 Å². The number of Topliss-reactive ketones (excluding diaryl/α,β-unsaturated/α-hetero) is 1. The smallest absolute Gasteiger partial charge is 0.184 e. The molecule has 0 fully saturated rings. The van der Waals surface area contributed by atoms with Crippen molar-refractivity contribution in [3.05, 3.63) is 51.5 Å². The molecule has 0 radical (unpaired) electrons. The normalized spacial score (nSPS) is 11.0. The van der Waals surface area contributed by atoms with Gasteiger partial charge < -0.3 is 14.9 Å². The van der Waals surface area contributed by atoms with E-state index in [-0.39, 0.29) is 23.8 Å². The number of hydrogen-bond donors (Lipinski definition) is 2. The molecule has 0 saturated carbocycles. The number of benzene rings is 2. The molecule has 0 heterocycles. The van der Waals surface area contributed by atoms with E-state index in [1.807, 2.05) is 0 Å². The number of ketones is 1. The fourth-order valence-corrected chi connectivity index (χ4v) is 2.45. The van der Waals surface area contributed by atoms with E-state index in [2.05, 4.69) is 4.99 Å². The number of carbonyl (C=O) groups excluding carboxylic acids is 1. The molecule has 24 heavy (non-hydrogen) atoms. The van der Waals surface area contributed by atoms with Crippen molar-refractivity contribution in [2.75, 3.05) is 13.7 Å². The SMILES string of the molecule is COc1ccc(C(=O)CN=Cc2c(O)cc(C)c(Cl)c2C)cc1O. The van der Waals surface area contributed by atoms with Gasteiger partial charge in [0.25, 0.3) is 0 Å². The van der Waals surface area contributed by atoms with E-state index in [0.29, 0.717) is 27.5 Å². The molecular formula is C18H18ClNO4. The summed E-state index contributed by atoms with van der Waals surface area (Å²) in [7, 11) is 1.43. The molecule has 5 nitrogen and oxygen atoms in total. The van der Waals surface area contributed by atoms with E-state index in [1.54, 1.807) is 26.0 Å². The zero-order chi connectivity index (χ0) is 17.9. The number of hydrogen-bond acceptors (Lipinski definition) is 5. The van der Waals surface area contributed by atoms with Gasteiger partial charge in [-0.3, -0.25) is 9.79 Å². The lowest BCUT2D eigenvalue weighted by Crippen LogP contribution is -2.04. The summed E-state index contributed by atoms with van der Waals surface area (Å²) in [4.78, 5) is 16.2. The molecule has 0 aliphatic rings. The minimum absolute atomic E-state index is 0.0627. The largest absolute Gasteiger partial charge is 0.507 e. The van der Waals surface area contributed by atoms with Crippen LogP contribution in [-0.2, 0) is 0 Å². The zero-order valence-electron chi connectivity index (χ0n) is 13.6. The van der Waals surface area contributed by atoms with E-state index in [1.165, 1.54) is 25.5 Å². The molecule has 6 heteroatoms. The Hall–Kier alpha value is -2.53. The van der Waals surface area contributed by atoms with Gasteiger partial charge in [-0.15, -0.1) is 0 Å². The van der Waals surface area contributed by atoms with Gasteiger partial charge in [0.15, 0.2) is 17.3 Å². The Labute approximate surface area is 145 Å². The van der Waals surface area contributed by atoms with Gasteiger partial charge >= 0.3 is 0 Å². The minimum atomic E-state index is -0.264. The first-order valence-corrected chi connectivity index (χ1v) is 7.61. The highest BCUT2D eigenvalue weighted by Gasteiger charge is 2.11. The molecule has 0 aromatic heterocycles. The maximum Gasteiger partial charge on any atom is 0.184 e. The van der Waals surface area contributed by atoms with Crippen molar-refractivity contribution in [2.24, 2.45) is 4.99 Å². The molecule has 126 valence electrons. The molecule has 0 saturated heterocycles. The highest BCUT2D eigenvalue weighted by Crippen LogP contribution is 2.29. The van der Waals surface area contributed by atoms with Crippen LogP contribution in [0.25, 0.3) is 0 Å². The molecular weight excluding hydrogens is 330 g/mol. The van der Waals surface area contributed by atoms with Gasteiger partial charge in [0.05, 0.1) is 7.11 Å². The number of ether oxygens (including phenoxy) is 1. The monoisotopic (exact) mass is 347 g/mol. The fourth-order valence-electron chi connectivity index (χ4n) is 2.29. The lowest BCUT2D eigenvalue weighted by molar-refractivity contribution is 0.100. The standard InChI is InChI=1S/C18H18ClNO4/c1-10-6-14(21)13(11(2)18(10)19)8-20-9-16(23)12-4-5-17(24-3)15(22)7-12/h4-8,21-22H,9H2,1-3H3. The van der Waals surface area contributed by atoms with Crippen molar-refractivity contribution in [3.63, 3.8) is 0 Å². The maximum absolute atomic E-state index is 12.1. The molecule has 0 spiro atoms. The number of phenols is 2. The van der Waals surface area contributed by atoms with Crippen LogP contribution in [0.3, 0.4) is 0 Å². The highest BCUT2D eigenvalue weighted by molar-refractivity contribution is 6.32. The number of phenolic OH excluding ortho intramolecular Hbond substituents is 2. The molecule has 2 N–H and O–H groups in total. The molecule has 0 atom stereocenters. The second kappa shape index (κ2) is 7.36. The van der Waals surface area contributed by atoms with Gasteiger partial charge in [0.2, 0.25) is 0 Å². The van der Waals surface area contributed by atoms with E-state index in [0.717, 1.165) is 5.56 Å². The quantitative estimate of drug-likeness (QED) is 0.638. The van der Waals surface area contributed by atoms with Crippen LogP contribution in [0.15, 0.2) is 29.3 Å². The predicted molar refractivity (Wildman–Crippen MR) is 94.0 cm³/mol. The number of aryl methyl sites for hydroxylation is 1. The molecule has 0 aliphatic heterocycles. The summed E-state index contributed by atoms with van der Waals surface area (Å²) in [6.07, 6.45) is 1.43. The van der Waals surface area contributed by atoms with Crippen LogP contribution in [0.5, 0.6) is 17.2 Å². The van der Waals surface area contributed by atoms with Gasteiger partial charge in [-0.05, 0) is 49.2 Å². The van der Waals surface area contributed by atoms with Crippen LogP contribution < -0.4 is 4.74 Å². The van der Waals surface area contributed by atoms with E-state index in [9.17, 15) is 15.0 Å². The van der Waals surface area contributed by atoms with E-state index in [4.69, 9.17) is 16.3 Å². The van der Waals surface area contributed by atoms with Gasteiger partial charge in [-0.2, -0.15) is 0 Å². The van der Waals surface area contributed by atoms with E-state index >= 15 is 0 Å². The number of carbonyl (C=O) groups is 1. The van der Waals surface area contributed by atoms with Crippen molar-refractivity contribution in [3.8, 4) is 17.2 Å². The first-order chi connectivity index (χ1) is 11.3. The summed E-state index contributed by atoms with van der Waals surface area (Å²) in [5.74, 6) is -0.0109. The average Bonchev–Trinajstić information content (AvgIpc) is 2.55. The molecule has 2 rings (SSSR count). The van der Waals surface area contributed by atoms with E-state index < -0.39 is 0 Å². The number of aliphatic imine (C=N–C) groups is 1. The second-order valence-corrected chi connectivity index (χ2v) is 5.72. The van der Waals surface area contributed by atoms with Crippen molar-refractivity contribution in [1.82, 2.24) is 0 Å². The fraction of sp³-hybridized carbons (Fsp3) is 0.222. The number of aromatic hydroxyl groups is 2. The third-order valence-electron chi connectivity index (χ3n) is 3.66. The number of methoxy groups -OCH3 is 1. The summed E-state index contributed by atoms with van der Waals surface area (Å²) in [5, 5.41) is 20.3. The Kier molecular flexibility index (Phi) is 5.46. The van der Waals surface area contributed by atoms with Crippen LogP contribution in [0, 0.1) is 13.8 Å². The Bertz CT molecular complexity index is 815. The summed E-state index contributed by atoms with van der Waals surface area (Å²) >= 11 is 6.16. The molecule has 2 aromatic carbocycles. The molecule has 0 aliphatic carbocycles. The van der Waals surface area contributed by atoms with Gasteiger partial charge in [0.1, 0.15) is 12.3 Å². The van der Waals surface area contributed by atoms with Crippen molar-refractivity contribution in [2.45, 2.75) is 13.8 Å². The van der Waals surface area contributed by atoms with Crippen LogP contribution in [0.1, 0.15) is 27.0 Å². The summed E-state index contributed by atoms with van der Waals surface area (Å²) in [6, 6.07) is 5.96. The summed E-state index contributed by atoms with van der Waals surface area (Å²) in [5.41, 5.74) is 2.28. The highest BCUT2D eigenvalue weighted by atomic mass is 35.5. The topological polar surface area (TPSA) is 79.1 Å². The van der Waals surface area contributed by atoms with Crippen LogP contribution in [0.4, 0.5) is 0 Å². The Balaban J connectivity index is 2.16. The minimum Gasteiger partial charge on any atom is -0.507 e. The molecule has 0 unspecified atom stereocenters. The zero-order valence-corrected chi connectivity index (χ0v) is 14.4. The first-order valence-electron chi connectivity index (χ1n) is 7.23. The lowest BCUT2D eigenvalue weighted by atomic mass is 10.0. The molecule has 0 amide bonds. The van der Waals surface area contributed by atoms with Gasteiger partial charge in [-0.1, -0.05) is 11.6 Å². The number of rotatable bonds is 5. The van der Waals surface area contributed by atoms with Crippen molar-refractivity contribution < 1.29 is 19.7 Å². The van der Waals surface area contributed by atoms with Gasteiger partial charge in [0, 0.05) is 22.4 Å². The van der Waals surface area contributed by atoms with Gasteiger partial charge in [-0.25, -0.2) is 0 Å². The predicted octanol–water partition coefficient (Wildman–Crippen LogP) is 3.68. The maximum atomic E-state index is 12.1. The molecule has 2 aromatic rings. The molecule has 0 bridgehead atoms. The van der Waals surface area contributed by atoms with Crippen LogP contribution >= 0.6 is 11.6 Å². The number of halogens is 1. The second-order valence-electron chi connectivity index (χ2n) is 5.34. The average molecular weight is 348 g/mol. The Morgan fingerprint density at radius 1 is 1.25 bits per heavy atom. The third-order valence-corrected chi connectivity index (χ3v) is 4.25. The van der Waals surface area contributed by atoms with Crippen molar-refractivity contribution in [1.29, 1.82) is 0 Å². The summed E-state index contributed by atoms with van der Waals surface area (Å²) in [6.45, 7) is 3.46. The Morgan fingerprint density at radius 3 is 2.58 bits per heavy atom. The van der Waals surface area contributed by atoms with Crippen LogP contribution in [0.2, 0.25) is 5.02 Å². The Morgan fingerprint density at radius 2 is 1.96 bits per heavy atom.